The molecular formula is C10H16BrN3. The molecule has 3 nitrogen and oxygen atoms in total. The van der Waals surface area contributed by atoms with Crippen LogP contribution in [0.15, 0.2) is 10.7 Å². The minimum atomic E-state index is 0.867. The number of rotatable bonds is 4. The Morgan fingerprint density at radius 2 is 1.86 bits per heavy atom. The maximum atomic E-state index is 4.48. The molecule has 78 valence electrons. The number of nitrogens with zero attached hydrogens (tertiary/aromatic N) is 3. The van der Waals surface area contributed by atoms with Crippen LogP contribution in [0.25, 0.3) is 0 Å². The van der Waals surface area contributed by atoms with Gasteiger partial charge in [-0.25, -0.2) is 9.97 Å². The second-order valence-corrected chi connectivity index (χ2v) is 3.80. The highest BCUT2D eigenvalue weighted by Gasteiger charge is 2.06. The zero-order valence-electron chi connectivity index (χ0n) is 8.92. The Kier molecular flexibility index (Phi) is 4.32. The van der Waals surface area contributed by atoms with Crippen LogP contribution in [-0.4, -0.2) is 23.1 Å². The van der Waals surface area contributed by atoms with Gasteiger partial charge in [0.15, 0.2) is 0 Å². The van der Waals surface area contributed by atoms with Crippen LogP contribution in [-0.2, 0) is 6.42 Å². The summed E-state index contributed by atoms with van der Waals surface area (Å²) in [5, 5.41) is 0. The van der Waals surface area contributed by atoms with Crippen molar-refractivity contribution in [3.05, 3.63) is 16.5 Å². The summed E-state index contributed by atoms with van der Waals surface area (Å²) in [5.41, 5.74) is 0. The molecule has 1 heterocycles. The van der Waals surface area contributed by atoms with E-state index in [4.69, 9.17) is 0 Å². The fourth-order valence-corrected chi connectivity index (χ4v) is 1.73. The maximum Gasteiger partial charge on any atom is 0.133 e. The molecule has 0 unspecified atom stereocenters. The second-order valence-electron chi connectivity index (χ2n) is 2.99. The van der Waals surface area contributed by atoms with E-state index < -0.39 is 0 Å². The maximum absolute atomic E-state index is 4.48. The normalized spacial score (nSPS) is 10.3. The molecule has 0 fully saturated rings. The van der Waals surface area contributed by atoms with Crippen molar-refractivity contribution in [2.75, 3.05) is 18.0 Å². The molecule has 0 amide bonds. The fraction of sp³-hybridized carbons (Fsp3) is 0.600. The topological polar surface area (TPSA) is 29.0 Å². The van der Waals surface area contributed by atoms with Crippen molar-refractivity contribution in [2.45, 2.75) is 27.2 Å². The average Bonchev–Trinajstić information content (AvgIpc) is 2.19. The van der Waals surface area contributed by atoms with Gasteiger partial charge in [-0.1, -0.05) is 6.92 Å². The highest BCUT2D eigenvalue weighted by molar-refractivity contribution is 9.10. The molecular weight excluding hydrogens is 242 g/mol. The molecule has 0 saturated heterocycles. The first-order valence-electron chi connectivity index (χ1n) is 4.99. The van der Waals surface area contributed by atoms with Gasteiger partial charge in [0.2, 0.25) is 0 Å². The Morgan fingerprint density at radius 3 is 2.36 bits per heavy atom. The number of aryl methyl sites for hydroxylation is 1. The van der Waals surface area contributed by atoms with E-state index in [0.717, 1.165) is 35.8 Å². The first-order valence-corrected chi connectivity index (χ1v) is 5.78. The third-order valence-electron chi connectivity index (χ3n) is 2.13. The zero-order chi connectivity index (χ0) is 10.6. The van der Waals surface area contributed by atoms with Gasteiger partial charge < -0.3 is 4.90 Å². The molecule has 0 aromatic carbocycles. The van der Waals surface area contributed by atoms with Crippen molar-refractivity contribution in [1.29, 1.82) is 0 Å². The van der Waals surface area contributed by atoms with Crippen molar-refractivity contribution < 1.29 is 0 Å². The molecule has 1 rings (SSSR count). The van der Waals surface area contributed by atoms with Crippen LogP contribution in [0.3, 0.4) is 0 Å². The Morgan fingerprint density at radius 1 is 1.21 bits per heavy atom. The van der Waals surface area contributed by atoms with Crippen LogP contribution in [0, 0.1) is 0 Å². The number of aromatic nitrogens is 2. The molecule has 1 aromatic heterocycles. The van der Waals surface area contributed by atoms with Crippen molar-refractivity contribution >= 4 is 21.7 Å². The molecule has 0 radical (unpaired) electrons. The molecule has 0 aliphatic rings. The van der Waals surface area contributed by atoms with Gasteiger partial charge >= 0.3 is 0 Å². The van der Waals surface area contributed by atoms with Crippen molar-refractivity contribution in [1.82, 2.24) is 9.97 Å². The van der Waals surface area contributed by atoms with Crippen LogP contribution < -0.4 is 4.90 Å². The van der Waals surface area contributed by atoms with Gasteiger partial charge in [0.1, 0.15) is 16.2 Å². The first-order chi connectivity index (χ1) is 6.71. The predicted octanol–water partition coefficient (Wildman–Crippen LogP) is 2.65. The summed E-state index contributed by atoms with van der Waals surface area (Å²) in [6, 6.07) is 1.96. The SMILES string of the molecule is CCc1nc(Br)cc(N(CC)CC)n1. The Hall–Kier alpha value is -0.640. The third-order valence-corrected chi connectivity index (χ3v) is 2.54. The smallest absolute Gasteiger partial charge is 0.133 e. The summed E-state index contributed by atoms with van der Waals surface area (Å²) in [4.78, 5) is 11.0. The lowest BCUT2D eigenvalue weighted by atomic mass is 10.4. The number of halogens is 1. The van der Waals surface area contributed by atoms with Crippen LogP contribution >= 0.6 is 15.9 Å². The number of anilines is 1. The van der Waals surface area contributed by atoms with Crippen LogP contribution in [0.2, 0.25) is 0 Å². The standard InChI is InChI=1S/C10H16BrN3/c1-4-9-12-8(11)7-10(13-9)14(5-2)6-3/h7H,4-6H2,1-3H3. The molecule has 0 aliphatic carbocycles. The van der Waals surface area contributed by atoms with Gasteiger partial charge in [-0.05, 0) is 29.8 Å². The molecule has 0 aliphatic heterocycles. The number of hydrogen-bond donors (Lipinski definition) is 0. The minimum absolute atomic E-state index is 0.867. The fourth-order valence-electron chi connectivity index (χ4n) is 1.32. The monoisotopic (exact) mass is 257 g/mol. The van der Waals surface area contributed by atoms with E-state index >= 15 is 0 Å². The lowest BCUT2D eigenvalue weighted by Crippen LogP contribution is -2.23. The summed E-state index contributed by atoms with van der Waals surface area (Å²) < 4.78 is 0.867. The van der Waals surface area contributed by atoms with E-state index in [2.05, 4.69) is 51.6 Å². The van der Waals surface area contributed by atoms with E-state index in [9.17, 15) is 0 Å². The summed E-state index contributed by atoms with van der Waals surface area (Å²) >= 11 is 3.40. The average molecular weight is 258 g/mol. The Bertz CT molecular complexity index is 297. The minimum Gasteiger partial charge on any atom is -0.357 e. The van der Waals surface area contributed by atoms with Crippen LogP contribution in [0.5, 0.6) is 0 Å². The van der Waals surface area contributed by atoms with E-state index in [-0.39, 0.29) is 0 Å². The highest BCUT2D eigenvalue weighted by Crippen LogP contribution is 2.16. The molecule has 0 N–H and O–H groups in total. The molecule has 1 aromatic rings. The van der Waals surface area contributed by atoms with Gasteiger partial charge in [-0.15, -0.1) is 0 Å². The van der Waals surface area contributed by atoms with Crippen LogP contribution in [0.1, 0.15) is 26.6 Å². The molecule has 0 spiro atoms. The third kappa shape index (κ3) is 2.67. The van der Waals surface area contributed by atoms with Gasteiger partial charge in [-0.2, -0.15) is 0 Å². The van der Waals surface area contributed by atoms with E-state index in [0.29, 0.717) is 0 Å². The lowest BCUT2D eigenvalue weighted by molar-refractivity contribution is 0.819. The molecule has 14 heavy (non-hydrogen) atoms. The summed E-state index contributed by atoms with van der Waals surface area (Å²) in [5.74, 6) is 1.90. The molecule has 0 saturated carbocycles. The Labute approximate surface area is 93.7 Å². The first kappa shape index (κ1) is 11.4. The van der Waals surface area contributed by atoms with E-state index in [1.807, 2.05) is 6.07 Å². The highest BCUT2D eigenvalue weighted by atomic mass is 79.9. The van der Waals surface area contributed by atoms with E-state index in [1.165, 1.54) is 0 Å². The molecule has 0 bridgehead atoms. The largest absolute Gasteiger partial charge is 0.357 e. The van der Waals surface area contributed by atoms with Gasteiger partial charge in [0.05, 0.1) is 0 Å². The number of hydrogen-bond acceptors (Lipinski definition) is 3. The molecule has 0 atom stereocenters. The predicted molar refractivity (Wildman–Crippen MR) is 62.7 cm³/mol. The van der Waals surface area contributed by atoms with Gasteiger partial charge in [0.25, 0.3) is 0 Å². The van der Waals surface area contributed by atoms with Crippen molar-refractivity contribution in [2.24, 2.45) is 0 Å². The zero-order valence-corrected chi connectivity index (χ0v) is 10.5. The molecule has 4 heteroatoms. The lowest BCUT2D eigenvalue weighted by Gasteiger charge is -2.20. The van der Waals surface area contributed by atoms with E-state index in [1.54, 1.807) is 0 Å². The quantitative estimate of drug-likeness (QED) is 0.777. The van der Waals surface area contributed by atoms with Crippen molar-refractivity contribution in [3.63, 3.8) is 0 Å². The summed E-state index contributed by atoms with van der Waals surface area (Å²) in [6.45, 7) is 8.27. The summed E-state index contributed by atoms with van der Waals surface area (Å²) in [6.07, 6.45) is 0.869. The van der Waals surface area contributed by atoms with Crippen LogP contribution in [0.4, 0.5) is 5.82 Å². The Balaban J connectivity index is 3.01. The second kappa shape index (κ2) is 5.29. The van der Waals surface area contributed by atoms with Gasteiger partial charge in [-0.3, -0.25) is 0 Å². The summed E-state index contributed by atoms with van der Waals surface area (Å²) in [7, 11) is 0. The van der Waals surface area contributed by atoms with Crippen molar-refractivity contribution in [3.8, 4) is 0 Å². The van der Waals surface area contributed by atoms with Gasteiger partial charge in [0, 0.05) is 25.6 Å².